The minimum atomic E-state index is -0.264. The van der Waals surface area contributed by atoms with E-state index in [2.05, 4.69) is 28.8 Å². The second kappa shape index (κ2) is 7.93. The van der Waals surface area contributed by atoms with Crippen molar-refractivity contribution in [1.82, 2.24) is 5.32 Å². The van der Waals surface area contributed by atoms with E-state index in [4.69, 9.17) is 12.2 Å². The largest absolute Gasteiger partial charge is 0.332 e. The average molecular weight is 360 g/mol. The fraction of sp³-hybridized carbons (Fsp3) is 0.0909. The van der Waals surface area contributed by atoms with Crippen LogP contribution in [0.3, 0.4) is 0 Å². The summed E-state index contributed by atoms with van der Waals surface area (Å²) >= 11 is 5.23. The van der Waals surface area contributed by atoms with E-state index >= 15 is 0 Å². The molecular formula is C22H20N2OS. The number of carbonyl (C=O) groups is 1. The van der Waals surface area contributed by atoms with E-state index in [1.54, 1.807) is 6.08 Å². The van der Waals surface area contributed by atoms with E-state index < -0.39 is 0 Å². The van der Waals surface area contributed by atoms with E-state index in [0.29, 0.717) is 0 Å². The fourth-order valence-corrected chi connectivity index (χ4v) is 3.14. The van der Waals surface area contributed by atoms with Gasteiger partial charge in [0.1, 0.15) is 0 Å². The highest BCUT2D eigenvalue weighted by Gasteiger charge is 2.03. The van der Waals surface area contributed by atoms with Crippen molar-refractivity contribution in [2.45, 2.75) is 13.8 Å². The molecule has 0 aliphatic rings. The predicted octanol–water partition coefficient (Wildman–Crippen LogP) is 4.98. The van der Waals surface area contributed by atoms with Crippen molar-refractivity contribution in [2.75, 3.05) is 5.32 Å². The summed E-state index contributed by atoms with van der Waals surface area (Å²) in [6.07, 6.45) is 3.30. The van der Waals surface area contributed by atoms with E-state index in [9.17, 15) is 4.79 Å². The van der Waals surface area contributed by atoms with Crippen molar-refractivity contribution >= 4 is 45.8 Å². The normalized spacial score (nSPS) is 10.8. The first-order chi connectivity index (χ1) is 12.5. The molecule has 0 aromatic heterocycles. The third kappa shape index (κ3) is 4.55. The molecule has 3 aromatic carbocycles. The molecule has 4 heteroatoms. The molecule has 0 bridgehead atoms. The Labute approximate surface area is 158 Å². The number of fused-ring (bicyclic) bond motifs is 1. The van der Waals surface area contributed by atoms with Crippen LogP contribution in [0.15, 0.2) is 66.7 Å². The second-order valence-electron chi connectivity index (χ2n) is 6.22. The summed E-state index contributed by atoms with van der Waals surface area (Å²) < 4.78 is 0. The molecular weight excluding hydrogens is 340 g/mol. The molecule has 3 aromatic rings. The van der Waals surface area contributed by atoms with Crippen molar-refractivity contribution < 1.29 is 4.79 Å². The Balaban J connectivity index is 1.66. The highest BCUT2D eigenvalue weighted by atomic mass is 32.1. The molecule has 3 rings (SSSR count). The molecule has 0 saturated carbocycles. The van der Waals surface area contributed by atoms with Gasteiger partial charge in [-0.1, -0.05) is 48.5 Å². The molecule has 0 aliphatic heterocycles. The maximum absolute atomic E-state index is 12.2. The lowest BCUT2D eigenvalue weighted by Gasteiger charge is -2.10. The van der Waals surface area contributed by atoms with Gasteiger partial charge in [0.2, 0.25) is 5.91 Å². The molecule has 0 aliphatic carbocycles. The zero-order valence-electron chi connectivity index (χ0n) is 14.7. The molecule has 0 radical (unpaired) electrons. The summed E-state index contributed by atoms with van der Waals surface area (Å²) in [6, 6.07) is 20.1. The Morgan fingerprint density at radius 3 is 2.42 bits per heavy atom. The quantitative estimate of drug-likeness (QED) is 0.511. The first-order valence-corrected chi connectivity index (χ1v) is 8.78. The first kappa shape index (κ1) is 17.8. The third-order valence-electron chi connectivity index (χ3n) is 3.95. The maximum atomic E-state index is 12.2. The number of nitrogens with one attached hydrogen (secondary N) is 2. The van der Waals surface area contributed by atoms with E-state index in [1.165, 1.54) is 6.08 Å². The molecule has 0 spiro atoms. The molecule has 1 amide bonds. The smallest absolute Gasteiger partial charge is 0.250 e. The van der Waals surface area contributed by atoms with Crippen LogP contribution in [0.4, 0.5) is 5.69 Å². The number of benzene rings is 3. The zero-order valence-corrected chi connectivity index (χ0v) is 15.6. The van der Waals surface area contributed by atoms with Crippen LogP contribution < -0.4 is 10.6 Å². The minimum Gasteiger partial charge on any atom is -0.332 e. The molecule has 0 heterocycles. The highest BCUT2D eigenvalue weighted by molar-refractivity contribution is 7.80. The predicted molar refractivity (Wildman–Crippen MR) is 113 cm³/mol. The molecule has 3 nitrogen and oxygen atoms in total. The van der Waals surface area contributed by atoms with E-state index in [1.807, 2.05) is 56.3 Å². The van der Waals surface area contributed by atoms with Crippen LogP contribution in [0, 0.1) is 13.8 Å². The SMILES string of the molecule is Cc1cc(C)cc(NC(=S)NC(=O)/C=C/c2cccc3ccccc23)c1. The summed E-state index contributed by atoms with van der Waals surface area (Å²) in [7, 11) is 0. The Morgan fingerprint density at radius 1 is 0.962 bits per heavy atom. The van der Waals surface area contributed by atoms with Crippen LogP contribution in [0.25, 0.3) is 16.8 Å². The number of hydrogen-bond acceptors (Lipinski definition) is 2. The molecule has 130 valence electrons. The summed E-state index contributed by atoms with van der Waals surface area (Å²) in [5, 5.41) is 8.26. The van der Waals surface area contributed by atoms with Crippen molar-refractivity contribution in [2.24, 2.45) is 0 Å². The Bertz CT molecular complexity index is 982. The number of thiocarbonyl (C=S) groups is 1. The van der Waals surface area contributed by atoms with Crippen LogP contribution in [-0.4, -0.2) is 11.0 Å². The Kier molecular flexibility index (Phi) is 5.44. The molecule has 26 heavy (non-hydrogen) atoms. The summed E-state index contributed by atoms with van der Waals surface area (Å²) in [4.78, 5) is 12.2. The monoisotopic (exact) mass is 360 g/mol. The Hall–Kier alpha value is -2.98. The van der Waals surface area contributed by atoms with Gasteiger partial charge in [-0.3, -0.25) is 10.1 Å². The van der Waals surface area contributed by atoms with Gasteiger partial charge in [-0.2, -0.15) is 0 Å². The van der Waals surface area contributed by atoms with Gasteiger partial charge in [0.15, 0.2) is 5.11 Å². The molecule has 2 N–H and O–H groups in total. The first-order valence-electron chi connectivity index (χ1n) is 8.37. The number of carbonyl (C=O) groups excluding carboxylic acids is 1. The van der Waals surface area contributed by atoms with Crippen molar-refractivity contribution in [3.8, 4) is 0 Å². The van der Waals surface area contributed by atoms with Gasteiger partial charge in [0, 0.05) is 11.8 Å². The topological polar surface area (TPSA) is 41.1 Å². The number of hydrogen-bond donors (Lipinski definition) is 2. The van der Waals surface area contributed by atoms with Crippen LogP contribution >= 0.6 is 12.2 Å². The van der Waals surface area contributed by atoms with Gasteiger partial charge in [-0.25, -0.2) is 0 Å². The molecule has 0 fully saturated rings. The van der Waals surface area contributed by atoms with E-state index in [-0.39, 0.29) is 11.0 Å². The molecule has 0 unspecified atom stereocenters. The van der Waals surface area contributed by atoms with Crippen LogP contribution in [-0.2, 0) is 4.79 Å². The van der Waals surface area contributed by atoms with Crippen molar-refractivity contribution in [3.05, 3.63) is 83.4 Å². The van der Waals surface area contributed by atoms with Crippen LogP contribution in [0.1, 0.15) is 16.7 Å². The van der Waals surface area contributed by atoms with Gasteiger partial charge >= 0.3 is 0 Å². The summed E-state index contributed by atoms with van der Waals surface area (Å²) in [5.41, 5.74) is 4.13. The second-order valence-corrected chi connectivity index (χ2v) is 6.63. The summed E-state index contributed by atoms with van der Waals surface area (Å²) in [5.74, 6) is -0.264. The van der Waals surface area contributed by atoms with Crippen molar-refractivity contribution in [3.63, 3.8) is 0 Å². The number of amides is 1. The third-order valence-corrected chi connectivity index (χ3v) is 4.16. The summed E-state index contributed by atoms with van der Waals surface area (Å²) in [6.45, 7) is 4.04. The Morgan fingerprint density at radius 2 is 1.65 bits per heavy atom. The van der Waals surface area contributed by atoms with E-state index in [0.717, 1.165) is 33.2 Å². The number of anilines is 1. The lowest BCUT2D eigenvalue weighted by atomic mass is 10.0. The lowest BCUT2D eigenvalue weighted by molar-refractivity contribution is -0.115. The fourth-order valence-electron chi connectivity index (χ4n) is 2.92. The standard InChI is InChI=1S/C22H20N2OS/c1-15-12-16(2)14-19(13-15)23-22(26)24-21(25)11-10-18-8-5-7-17-6-3-4-9-20(17)18/h3-14H,1-2H3,(H2,23,24,25,26)/b11-10+. The van der Waals surface area contributed by atoms with Crippen molar-refractivity contribution in [1.29, 1.82) is 0 Å². The number of rotatable bonds is 3. The van der Waals surface area contributed by atoms with Gasteiger partial charge in [0.05, 0.1) is 0 Å². The average Bonchev–Trinajstić information content (AvgIpc) is 2.58. The highest BCUT2D eigenvalue weighted by Crippen LogP contribution is 2.19. The van der Waals surface area contributed by atoms with Gasteiger partial charge < -0.3 is 5.32 Å². The minimum absolute atomic E-state index is 0.264. The van der Waals surface area contributed by atoms with Gasteiger partial charge in [-0.15, -0.1) is 0 Å². The van der Waals surface area contributed by atoms with Crippen LogP contribution in [0.2, 0.25) is 0 Å². The van der Waals surface area contributed by atoms with Gasteiger partial charge in [-0.05, 0) is 71.7 Å². The molecule has 0 saturated heterocycles. The maximum Gasteiger partial charge on any atom is 0.250 e. The van der Waals surface area contributed by atoms with Gasteiger partial charge in [0.25, 0.3) is 0 Å². The molecule has 0 atom stereocenters. The number of aryl methyl sites for hydroxylation is 2. The van der Waals surface area contributed by atoms with Crippen LogP contribution in [0.5, 0.6) is 0 Å². The lowest BCUT2D eigenvalue weighted by Crippen LogP contribution is -2.32. The zero-order chi connectivity index (χ0) is 18.5.